The van der Waals surface area contributed by atoms with Crippen molar-refractivity contribution in [2.45, 2.75) is 83.4 Å². The van der Waals surface area contributed by atoms with Gasteiger partial charge in [-0.05, 0) is 70.7 Å². The lowest BCUT2D eigenvalue weighted by molar-refractivity contribution is -0.131. The number of amides is 2. The molecule has 13 heteroatoms. The molecule has 2 aromatic carbocycles. The molecule has 2 amide bonds. The van der Waals surface area contributed by atoms with Crippen LogP contribution in [0.3, 0.4) is 0 Å². The van der Waals surface area contributed by atoms with Crippen molar-refractivity contribution in [1.82, 2.24) is 15.0 Å². The zero-order valence-corrected chi connectivity index (χ0v) is 29.5. The summed E-state index contributed by atoms with van der Waals surface area (Å²) in [4.78, 5) is 30.7. The number of nitrogens with one attached hydrogen (secondary N) is 1. The first-order valence-electron chi connectivity index (χ1n) is 16.4. The number of fused-ring (bicyclic) bond motifs is 1. The van der Waals surface area contributed by atoms with Crippen LogP contribution in [0.15, 0.2) is 57.9 Å². The van der Waals surface area contributed by atoms with Gasteiger partial charge in [-0.15, -0.1) is 0 Å². The van der Waals surface area contributed by atoms with Gasteiger partial charge in [0.1, 0.15) is 11.4 Å². The summed E-state index contributed by atoms with van der Waals surface area (Å²) >= 11 is 0. The van der Waals surface area contributed by atoms with Crippen LogP contribution >= 0.6 is 0 Å². The first-order valence-corrected chi connectivity index (χ1v) is 17.9. The maximum Gasteiger partial charge on any atom is 0.267 e. The Morgan fingerprint density at radius 3 is 2.54 bits per heavy atom. The molecule has 0 fully saturated rings. The standard InChI is InChI=1S/C35H48N4O8S/c1-23-20-39(24(2)22-40)35(42)30-19-29(37-48(43,44)34-26(4)36-47-27(34)5)15-16-31(30)46-25(3)12-10-11-17-45-32(23)21-38(6)33(41)18-28-13-8-7-9-14-28/h7-9,13-16,19,23-25,32,37,40H,10-12,17-18,20-22H2,1-6H3/t23-,24-,25-,32+/m0/s1. The van der Waals surface area contributed by atoms with Crippen molar-refractivity contribution in [1.29, 1.82) is 0 Å². The van der Waals surface area contributed by atoms with Crippen LogP contribution in [0.25, 0.3) is 0 Å². The van der Waals surface area contributed by atoms with Crippen molar-refractivity contribution < 1.29 is 37.1 Å². The minimum Gasteiger partial charge on any atom is -0.490 e. The molecule has 4 atom stereocenters. The Labute approximate surface area is 283 Å². The Hall–Kier alpha value is -3.94. The van der Waals surface area contributed by atoms with Crippen LogP contribution in [-0.2, 0) is 26.0 Å². The van der Waals surface area contributed by atoms with Crippen molar-refractivity contribution in [3.8, 4) is 5.75 Å². The van der Waals surface area contributed by atoms with Gasteiger partial charge in [-0.3, -0.25) is 14.3 Å². The van der Waals surface area contributed by atoms with Gasteiger partial charge in [-0.1, -0.05) is 42.4 Å². The summed E-state index contributed by atoms with van der Waals surface area (Å²) in [7, 11) is -2.33. The van der Waals surface area contributed by atoms with Crippen LogP contribution in [0.4, 0.5) is 5.69 Å². The summed E-state index contributed by atoms with van der Waals surface area (Å²) in [5, 5.41) is 14.0. The number of anilines is 1. The van der Waals surface area contributed by atoms with Gasteiger partial charge >= 0.3 is 0 Å². The number of likely N-dealkylation sites (N-methyl/N-ethyl adjacent to an activating group) is 1. The van der Waals surface area contributed by atoms with Crippen molar-refractivity contribution >= 4 is 27.5 Å². The first kappa shape index (κ1) is 36.9. The normalized spacial score (nSPS) is 20.3. The van der Waals surface area contributed by atoms with Gasteiger partial charge < -0.3 is 28.9 Å². The van der Waals surface area contributed by atoms with Gasteiger partial charge in [-0.2, -0.15) is 0 Å². The highest BCUT2D eigenvalue weighted by Gasteiger charge is 2.32. The molecule has 1 aromatic heterocycles. The molecule has 0 aliphatic carbocycles. The lowest BCUT2D eigenvalue weighted by atomic mass is 10.0. The van der Waals surface area contributed by atoms with E-state index in [2.05, 4.69) is 9.88 Å². The molecule has 3 aromatic rings. The smallest absolute Gasteiger partial charge is 0.267 e. The van der Waals surface area contributed by atoms with Crippen LogP contribution < -0.4 is 9.46 Å². The van der Waals surface area contributed by atoms with Gasteiger partial charge in [0.25, 0.3) is 15.9 Å². The predicted octanol–water partition coefficient (Wildman–Crippen LogP) is 4.59. The fourth-order valence-corrected chi connectivity index (χ4v) is 7.17. The van der Waals surface area contributed by atoms with E-state index in [1.807, 2.05) is 44.2 Å². The van der Waals surface area contributed by atoms with E-state index in [0.29, 0.717) is 25.3 Å². The molecule has 0 saturated heterocycles. The second-order valence-electron chi connectivity index (χ2n) is 12.7. The van der Waals surface area contributed by atoms with E-state index in [4.69, 9.17) is 14.0 Å². The maximum atomic E-state index is 14.4. The summed E-state index contributed by atoms with van der Waals surface area (Å²) < 4.78 is 46.9. The molecular weight excluding hydrogens is 636 g/mol. The van der Waals surface area contributed by atoms with Gasteiger partial charge in [-0.25, -0.2) is 8.42 Å². The third kappa shape index (κ3) is 9.36. The molecule has 4 rings (SSSR count). The molecule has 0 saturated carbocycles. The molecular formula is C35H48N4O8S. The number of carbonyl (C=O) groups excluding carboxylic acids is 2. The van der Waals surface area contributed by atoms with Gasteiger partial charge in [0.15, 0.2) is 10.7 Å². The Kier molecular flexibility index (Phi) is 12.6. The number of hydrogen-bond acceptors (Lipinski definition) is 9. The quantitative estimate of drug-likeness (QED) is 0.330. The number of aliphatic hydroxyl groups excluding tert-OH is 1. The van der Waals surface area contributed by atoms with Gasteiger partial charge in [0.2, 0.25) is 5.91 Å². The number of carbonyl (C=O) groups is 2. The average molecular weight is 685 g/mol. The van der Waals surface area contributed by atoms with Crippen LogP contribution in [0.5, 0.6) is 5.75 Å². The van der Waals surface area contributed by atoms with E-state index in [-0.39, 0.29) is 71.2 Å². The Morgan fingerprint density at radius 1 is 1.15 bits per heavy atom. The van der Waals surface area contributed by atoms with Crippen molar-refractivity contribution in [3.63, 3.8) is 0 Å². The number of benzene rings is 2. The highest BCUT2D eigenvalue weighted by atomic mass is 32.2. The van der Waals surface area contributed by atoms with E-state index < -0.39 is 22.0 Å². The van der Waals surface area contributed by atoms with Crippen LogP contribution in [0.1, 0.15) is 67.4 Å². The number of rotatable bonds is 9. The first-order chi connectivity index (χ1) is 22.8. The third-order valence-corrected chi connectivity index (χ3v) is 10.2. The Balaban J connectivity index is 1.64. The molecule has 1 aliphatic heterocycles. The van der Waals surface area contributed by atoms with Crippen LogP contribution in [-0.4, -0.2) is 91.9 Å². The molecule has 2 heterocycles. The average Bonchev–Trinajstić information content (AvgIpc) is 3.40. The van der Waals surface area contributed by atoms with E-state index >= 15 is 0 Å². The SMILES string of the molecule is Cc1noc(C)c1S(=O)(=O)Nc1ccc2c(c1)C(=O)N([C@@H](C)CO)C[C@H](C)[C@@H](CN(C)C(=O)Cc1ccccc1)OCCCC[C@H](C)O2. The molecule has 1 aliphatic rings. The minimum atomic E-state index is -4.08. The van der Waals surface area contributed by atoms with Crippen molar-refractivity contribution in [2.24, 2.45) is 5.92 Å². The Morgan fingerprint density at radius 2 is 1.88 bits per heavy atom. The zero-order chi connectivity index (χ0) is 35.0. The predicted molar refractivity (Wildman–Crippen MR) is 181 cm³/mol. The number of aryl methyl sites for hydroxylation is 2. The lowest BCUT2D eigenvalue weighted by Crippen LogP contribution is -2.48. The minimum absolute atomic E-state index is 0.0421. The molecule has 0 bridgehead atoms. The zero-order valence-electron chi connectivity index (χ0n) is 28.6. The molecule has 0 spiro atoms. The van der Waals surface area contributed by atoms with E-state index in [1.165, 1.54) is 19.9 Å². The van der Waals surface area contributed by atoms with E-state index in [9.17, 15) is 23.1 Å². The number of nitrogens with zero attached hydrogens (tertiary/aromatic N) is 3. The van der Waals surface area contributed by atoms with Crippen molar-refractivity contribution in [3.05, 3.63) is 71.1 Å². The lowest BCUT2D eigenvalue weighted by Gasteiger charge is -2.36. The van der Waals surface area contributed by atoms with Crippen LogP contribution in [0.2, 0.25) is 0 Å². The topological polar surface area (TPSA) is 152 Å². The summed E-state index contributed by atoms with van der Waals surface area (Å²) in [6.07, 6.45) is 1.93. The summed E-state index contributed by atoms with van der Waals surface area (Å²) in [6.45, 7) is 9.39. The molecule has 262 valence electrons. The summed E-state index contributed by atoms with van der Waals surface area (Å²) in [5.74, 6) is -0.255. The third-order valence-electron chi connectivity index (χ3n) is 8.62. The largest absolute Gasteiger partial charge is 0.490 e. The number of hydrogen-bond donors (Lipinski definition) is 2. The molecule has 0 unspecified atom stereocenters. The summed E-state index contributed by atoms with van der Waals surface area (Å²) in [6, 6.07) is 13.6. The van der Waals surface area contributed by atoms with Gasteiger partial charge in [0, 0.05) is 38.3 Å². The second-order valence-corrected chi connectivity index (χ2v) is 14.3. The number of ether oxygens (including phenoxy) is 2. The molecule has 48 heavy (non-hydrogen) atoms. The second kappa shape index (κ2) is 16.4. The molecule has 2 N–H and O–H groups in total. The summed E-state index contributed by atoms with van der Waals surface area (Å²) in [5.41, 5.74) is 1.45. The van der Waals surface area contributed by atoms with Crippen LogP contribution in [0, 0.1) is 19.8 Å². The highest BCUT2D eigenvalue weighted by Crippen LogP contribution is 2.30. The fourth-order valence-electron chi connectivity index (χ4n) is 5.79. The fraction of sp³-hybridized carbons (Fsp3) is 0.514. The monoisotopic (exact) mass is 684 g/mol. The highest BCUT2D eigenvalue weighted by molar-refractivity contribution is 7.92. The molecule has 0 radical (unpaired) electrons. The number of aliphatic hydroxyl groups is 1. The Bertz CT molecular complexity index is 1630. The van der Waals surface area contributed by atoms with E-state index in [1.54, 1.807) is 35.9 Å². The molecule has 12 nitrogen and oxygen atoms in total. The number of aromatic nitrogens is 1. The van der Waals surface area contributed by atoms with Crippen molar-refractivity contribution in [2.75, 3.05) is 38.1 Å². The van der Waals surface area contributed by atoms with E-state index in [0.717, 1.165) is 18.4 Å². The maximum absolute atomic E-state index is 14.4. The number of sulfonamides is 1. The van der Waals surface area contributed by atoms with Gasteiger partial charge in [0.05, 0.1) is 36.8 Å².